The van der Waals surface area contributed by atoms with Crippen LogP contribution in [0, 0.1) is 0 Å². The lowest BCUT2D eigenvalue weighted by Gasteiger charge is -2.39. The number of aromatic nitrogens is 1. The van der Waals surface area contributed by atoms with Crippen molar-refractivity contribution in [2.75, 3.05) is 13.1 Å². The third-order valence-corrected chi connectivity index (χ3v) is 14.7. The molecule has 0 saturated carbocycles. The van der Waals surface area contributed by atoms with E-state index in [1.165, 1.54) is 16.7 Å². The number of amides is 9. The number of aromatic amines is 1. The summed E-state index contributed by atoms with van der Waals surface area (Å²) in [6.45, 7) is 3.39. The molecule has 0 unspecified atom stereocenters. The highest BCUT2D eigenvalue weighted by Gasteiger charge is 2.43. The third kappa shape index (κ3) is 13.2. The van der Waals surface area contributed by atoms with E-state index in [9.17, 15) is 28.8 Å². The average Bonchev–Trinajstić information content (AvgIpc) is 4.09. The maximum Gasteiger partial charge on any atom is 0.246 e. The van der Waals surface area contributed by atoms with Crippen molar-refractivity contribution in [1.82, 2.24) is 46.7 Å². The number of nitrogens with two attached hydrogens (primary N) is 1. The number of hydrogen-bond donors (Lipinski definition) is 8. The zero-order valence-corrected chi connectivity index (χ0v) is 43.0. The van der Waals surface area contributed by atoms with Gasteiger partial charge in [-0.3, -0.25) is 43.2 Å². The molecule has 400 valence electrons. The molecule has 3 aliphatic rings. The number of para-hydroxylation sites is 1. The number of H-pyrrole nitrogens is 1. The van der Waals surface area contributed by atoms with Gasteiger partial charge in [-0.25, -0.2) is 0 Å². The molecule has 19 heteroatoms. The third-order valence-electron chi connectivity index (χ3n) is 14.7. The second kappa shape index (κ2) is 25.0. The van der Waals surface area contributed by atoms with Crippen LogP contribution in [0.5, 0.6) is 0 Å². The van der Waals surface area contributed by atoms with Crippen LogP contribution in [0.4, 0.5) is 0 Å². The Morgan fingerprint density at radius 3 is 2.22 bits per heavy atom. The molecule has 76 heavy (non-hydrogen) atoms. The van der Waals surface area contributed by atoms with Crippen LogP contribution in [-0.2, 0) is 69.0 Å². The zero-order valence-electron chi connectivity index (χ0n) is 43.0. The first-order valence-corrected chi connectivity index (χ1v) is 26.4. The Kier molecular flexibility index (Phi) is 17.8. The van der Waals surface area contributed by atoms with Gasteiger partial charge in [0.2, 0.25) is 53.2 Å². The fourth-order valence-electron chi connectivity index (χ4n) is 10.7. The molecule has 9 amide bonds. The van der Waals surface area contributed by atoms with Crippen molar-refractivity contribution >= 4 is 74.8 Å². The van der Waals surface area contributed by atoms with E-state index in [-0.39, 0.29) is 58.2 Å². The van der Waals surface area contributed by atoms with Crippen molar-refractivity contribution in [3.63, 3.8) is 0 Å². The Labute approximate surface area is 441 Å². The Morgan fingerprint density at radius 2 is 1.45 bits per heavy atom. The molecule has 0 spiro atoms. The van der Waals surface area contributed by atoms with Gasteiger partial charge in [0.25, 0.3) is 0 Å². The van der Waals surface area contributed by atoms with Gasteiger partial charge in [-0.1, -0.05) is 105 Å². The summed E-state index contributed by atoms with van der Waals surface area (Å²) in [6.07, 6.45) is 4.25. The van der Waals surface area contributed by atoms with Crippen molar-refractivity contribution in [3.8, 4) is 0 Å². The van der Waals surface area contributed by atoms with E-state index in [1.807, 2.05) is 97.9 Å². The molecule has 3 aliphatic heterocycles. The van der Waals surface area contributed by atoms with Crippen LogP contribution in [0.25, 0.3) is 21.7 Å². The standard InChI is InChI=1S/C57H68N10O9/c1-3-4-19-44(61-34(2)68)52(71)64-47-31-50(69)59-25-12-11-21-43(51(58)70)62-53(72)45(29-40-32-60-42-20-10-9-18-41(40)42)63-54(73)48-22-13-26-66(48)56(75)46(28-35-23-24-36-14-5-6-15-37(36)27-35)65-55(74)49-30-38-16-7-8-17-39(38)33-67(49)57(47)76/h5-10,14-18,20,23-24,27,32,43-49,60H,3-4,11-13,19,21-22,25-26,28-31,33H2,1-2H3,(H2,58,70)(H,59,69)(H,61,68)(H,62,72)(H,63,73)(H,64,71)(H,65,74)/t43-,44-,45-,46+,47-,48-,49-/m0/s1. The number of benzene rings is 4. The maximum absolute atomic E-state index is 15.3. The normalized spacial score (nSPS) is 22.8. The highest BCUT2D eigenvalue weighted by atomic mass is 16.2. The van der Waals surface area contributed by atoms with Crippen molar-refractivity contribution in [2.24, 2.45) is 5.73 Å². The molecule has 4 aromatic carbocycles. The van der Waals surface area contributed by atoms with Crippen molar-refractivity contribution in [1.29, 1.82) is 0 Å². The summed E-state index contributed by atoms with van der Waals surface area (Å²) in [4.78, 5) is 134. The fourth-order valence-corrected chi connectivity index (χ4v) is 10.7. The smallest absolute Gasteiger partial charge is 0.246 e. The SMILES string of the molecule is CCCC[C@H](NC(C)=O)C(=O)N[C@H]1CC(=O)NCCCC[C@@H](C(N)=O)NC(=O)[C@H](Cc2c[nH]c3ccccc23)NC(=O)[C@@H]2CCCN2C(=O)[C@@H](Cc2ccc3ccccc3c2)NC(=O)[C@@H]2Cc3ccccc3CN2C1=O. The van der Waals surface area contributed by atoms with E-state index in [0.29, 0.717) is 37.7 Å². The number of nitrogens with zero attached hydrogens (tertiary/aromatic N) is 2. The Bertz CT molecular complexity index is 2990. The number of unbranched alkanes of at least 4 members (excludes halogenated alkanes) is 1. The predicted octanol–water partition coefficient (Wildman–Crippen LogP) is 2.86. The Balaban J connectivity index is 1.17. The molecule has 0 radical (unpaired) electrons. The van der Waals surface area contributed by atoms with Gasteiger partial charge in [0.05, 0.1) is 6.42 Å². The lowest BCUT2D eigenvalue weighted by Crippen LogP contribution is -2.62. The molecular formula is C57H68N10O9. The van der Waals surface area contributed by atoms with Gasteiger partial charge in [0.1, 0.15) is 42.3 Å². The lowest BCUT2D eigenvalue weighted by atomic mass is 9.92. The number of nitrogens with one attached hydrogen (secondary N) is 7. The van der Waals surface area contributed by atoms with E-state index in [4.69, 9.17) is 5.73 Å². The largest absolute Gasteiger partial charge is 0.368 e. The van der Waals surface area contributed by atoms with Gasteiger partial charge in [-0.2, -0.15) is 0 Å². The monoisotopic (exact) mass is 1040 g/mol. The van der Waals surface area contributed by atoms with E-state index in [0.717, 1.165) is 38.4 Å². The van der Waals surface area contributed by atoms with Gasteiger partial charge >= 0.3 is 0 Å². The molecule has 1 aromatic heterocycles. The fraction of sp³-hybridized carbons (Fsp3) is 0.421. The highest BCUT2D eigenvalue weighted by molar-refractivity contribution is 5.99. The topological polar surface area (TPSA) is 274 Å². The molecule has 8 rings (SSSR count). The summed E-state index contributed by atoms with van der Waals surface area (Å²) >= 11 is 0. The molecule has 7 atom stereocenters. The van der Waals surface area contributed by atoms with E-state index >= 15 is 14.4 Å². The first-order chi connectivity index (χ1) is 36.7. The molecule has 5 aromatic rings. The van der Waals surface area contributed by atoms with E-state index < -0.39 is 102 Å². The Morgan fingerprint density at radius 1 is 0.724 bits per heavy atom. The Hall–Kier alpha value is -8.09. The highest BCUT2D eigenvalue weighted by Crippen LogP contribution is 2.27. The quantitative estimate of drug-likeness (QED) is 0.0965. The summed E-state index contributed by atoms with van der Waals surface area (Å²) in [5.41, 5.74) is 9.62. The maximum atomic E-state index is 15.3. The van der Waals surface area contributed by atoms with Gasteiger partial charge in [-0.15, -0.1) is 0 Å². The summed E-state index contributed by atoms with van der Waals surface area (Å²) in [7, 11) is 0. The van der Waals surface area contributed by atoms with E-state index in [1.54, 1.807) is 6.20 Å². The number of carbonyl (C=O) groups excluding carboxylic acids is 9. The first-order valence-electron chi connectivity index (χ1n) is 26.4. The summed E-state index contributed by atoms with van der Waals surface area (Å²) in [6, 6.07) is 19.8. The second-order valence-electron chi connectivity index (χ2n) is 20.2. The van der Waals surface area contributed by atoms with Crippen molar-refractivity contribution in [2.45, 2.75) is 140 Å². The van der Waals surface area contributed by atoms with Crippen LogP contribution >= 0.6 is 0 Å². The number of hydrogen-bond acceptors (Lipinski definition) is 9. The molecular weight excluding hydrogens is 969 g/mol. The number of fused-ring (bicyclic) bond motifs is 5. The lowest BCUT2D eigenvalue weighted by molar-refractivity contribution is -0.147. The van der Waals surface area contributed by atoms with Gasteiger partial charge in [0.15, 0.2) is 0 Å². The minimum Gasteiger partial charge on any atom is -0.368 e. The van der Waals surface area contributed by atoms with Crippen LogP contribution in [-0.4, -0.2) is 123 Å². The molecule has 0 aliphatic carbocycles. The van der Waals surface area contributed by atoms with Gasteiger partial charge in [0, 0.05) is 62.9 Å². The van der Waals surface area contributed by atoms with Crippen LogP contribution in [0.15, 0.2) is 97.2 Å². The molecule has 0 bridgehead atoms. The minimum atomic E-state index is -1.50. The number of carbonyl (C=O) groups is 9. The van der Waals surface area contributed by atoms with Gasteiger partial charge in [-0.05, 0) is 77.6 Å². The summed E-state index contributed by atoms with van der Waals surface area (Å²) in [5.74, 6) is -5.78. The van der Waals surface area contributed by atoms with Crippen LogP contribution in [0.3, 0.4) is 0 Å². The van der Waals surface area contributed by atoms with Crippen molar-refractivity contribution < 1.29 is 43.2 Å². The number of primary amides is 1. The average molecular weight is 1040 g/mol. The van der Waals surface area contributed by atoms with Crippen LogP contribution in [0.2, 0.25) is 0 Å². The zero-order chi connectivity index (χ0) is 53.9. The minimum absolute atomic E-state index is 0.00124. The van der Waals surface area contributed by atoms with Crippen LogP contribution < -0.4 is 37.6 Å². The predicted molar refractivity (Wildman–Crippen MR) is 284 cm³/mol. The summed E-state index contributed by atoms with van der Waals surface area (Å²) < 4.78 is 0. The van der Waals surface area contributed by atoms with Crippen molar-refractivity contribution in [3.05, 3.63) is 119 Å². The molecule has 9 N–H and O–H groups in total. The van der Waals surface area contributed by atoms with E-state index in [2.05, 4.69) is 36.9 Å². The van der Waals surface area contributed by atoms with Gasteiger partial charge < -0.3 is 52.4 Å². The summed E-state index contributed by atoms with van der Waals surface area (Å²) in [5, 5.41) is 19.6. The second-order valence-corrected chi connectivity index (χ2v) is 20.2. The van der Waals surface area contributed by atoms with Crippen LogP contribution in [0.1, 0.15) is 93.9 Å². The number of rotatable bonds is 11. The molecule has 2 fully saturated rings. The molecule has 4 heterocycles. The molecule has 2 saturated heterocycles. The molecule has 19 nitrogen and oxygen atoms in total. The first kappa shape index (κ1) is 54.2.